The van der Waals surface area contributed by atoms with Crippen LogP contribution in [0, 0.1) is 19.7 Å². The number of methoxy groups -OCH3 is 1. The predicted octanol–water partition coefficient (Wildman–Crippen LogP) is 9.79. The molecule has 0 radical (unpaired) electrons. The van der Waals surface area contributed by atoms with Gasteiger partial charge in [0.15, 0.2) is 0 Å². The minimum Gasteiger partial charge on any atom is -0.400 e. The predicted molar refractivity (Wildman–Crippen MR) is 308 cm³/mol. The van der Waals surface area contributed by atoms with E-state index < -0.39 is 37.3 Å². The highest BCUT2D eigenvalue weighted by atomic mass is 31.2. The fourth-order valence-corrected chi connectivity index (χ4v) is 14.1. The van der Waals surface area contributed by atoms with Crippen LogP contribution in [0.2, 0.25) is 0 Å². The molecular formula is C53H107N6O15P3. The summed E-state index contributed by atoms with van der Waals surface area (Å²) in [5, 5.41) is 10.5. The van der Waals surface area contributed by atoms with Crippen LogP contribution in [-0.2, 0) is 55.6 Å². The van der Waals surface area contributed by atoms with Crippen molar-refractivity contribution in [2.75, 3.05) is 81.1 Å². The number of nitrogens with zero attached hydrogens (tertiary/aromatic N) is 6. The number of ether oxygens (including phenoxy) is 6. The Morgan fingerprint density at radius 2 is 1.03 bits per heavy atom. The molecule has 454 valence electrons. The van der Waals surface area contributed by atoms with Gasteiger partial charge in [-0.15, -0.1) is 0 Å². The molecule has 4 rings (SSSR count). The highest BCUT2D eigenvalue weighted by Gasteiger charge is 2.63. The van der Waals surface area contributed by atoms with Gasteiger partial charge in [0.1, 0.15) is 49.8 Å². The van der Waals surface area contributed by atoms with E-state index >= 15 is 0 Å². The third-order valence-corrected chi connectivity index (χ3v) is 18.2. The first-order chi connectivity index (χ1) is 39.3. The molecule has 4 unspecified atom stereocenters. The van der Waals surface area contributed by atoms with Crippen LogP contribution in [0.4, 0.5) is 0 Å². The lowest BCUT2D eigenvalue weighted by molar-refractivity contribution is -0.167. The second-order valence-corrected chi connectivity index (χ2v) is 24.0. The minimum absolute atomic E-state index is 0.0910. The summed E-state index contributed by atoms with van der Waals surface area (Å²) in [6.07, 6.45) is -1.40. The molecule has 0 aromatic heterocycles. The topological polar surface area (TPSA) is 194 Å². The Morgan fingerprint density at radius 1 is 0.597 bits per heavy atom. The monoisotopic (exact) mass is 1170 g/mol. The third-order valence-electron chi connectivity index (χ3n) is 11.8. The second-order valence-electron chi connectivity index (χ2n) is 19.8. The minimum atomic E-state index is -1.41. The lowest BCUT2D eigenvalue weighted by atomic mass is 9.96. The molecule has 2 bridgehead atoms. The van der Waals surface area contributed by atoms with Crippen LogP contribution in [0.15, 0.2) is 0 Å². The summed E-state index contributed by atoms with van der Waals surface area (Å²) >= 11 is 0. The lowest BCUT2D eigenvalue weighted by Gasteiger charge is -2.38. The van der Waals surface area contributed by atoms with Gasteiger partial charge in [-0.2, -0.15) is 0 Å². The third kappa shape index (κ3) is 26.0. The van der Waals surface area contributed by atoms with Gasteiger partial charge < -0.3 is 85.4 Å². The Kier molecular flexibility index (Phi) is 37.1. The standard InChI is InChI=1S/C18H35N2O5P.C17H31N2O4P.C15H29N2O3P.3CH4O/c1-13(2)20(14(3)4)26(23-10-9-19-7)25-18-16(6)24-15(5)17(18)22-12-11-21-8;1-11(2)19(12(3)4)24(20-10-9-18-8)23-16-15-13(5)22-17(16,7)14(6)21-15;1-11(2)17(12(3)4)21(18-9-8-16-7)20-15-10-13(5)19-14(15)6;3*1-2/h13-18H,9-12H2,1-6,8H3;11-16H,9-10H2,1-7H3;11-15H,8-10H2,1-6H3;3*2H,1H3/t15-,16+,17-,18+,26?;13-,14-,15?,16-,17-,24?;13-,14+,15-,21?;;;/m000.../s1/i6D;7D;6D;3*2T. The van der Waals surface area contributed by atoms with Gasteiger partial charge in [-0.3, -0.25) is 0 Å². The Morgan fingerprint density at radius 3 is 1.42 bits per heavy atom. The normalized spacial score (nSPS) is 29.5. The van der Waals surface area contributed by atoms with E-state index in [1.807, 2.05) is 27.7 Å². The average Bonchev–Trinajstić information content (AvgIpc) is 4.27. The number of aliphatic hydroxyl groups is 3. The quantitative estimate of drug-likeness (QED) is 0.0380. The molecule has 0 saturated carbocycles. The van der Waals surface area contributed by atoms with Gasteiger partial charge in [0.05, 0.1) is 55.9 Å². The molecule has 4 aliphatic rings. The van der Waals surface area contributed by atoms with E-state index in [0.29, 0.717) is 52.7 Å². The highest BCUT2D eigenvalue weighted by Crippen LogP contribution is 2.55. The molecule has 0 amide bonds. The van der Waals surface area contributed by atoms with Crippen molar-refractivity contribution in [3.05, 3.63) is 34.3 Å². The molecule has 0 aromatic rings. The first-order valence-corrected chi connectivity index (χ1v) is 29.9. The fraction of sp³-hybridized carbons (Fsp3) is 0.943. The summed E-state index contributed by atoms with van der Waals surface area (Å²) in [7, 11) is 1.48. The maximum absolute atomic E-state index is 8.04. The summed E-state index contributed by atoms with van der Waals surface area (Å²) in [5.41, 5.74) is -0.743. The Bertz CT molecular complexity index is 1720. The van der Waals surface area contributed by atoms with Crippen LogP contribution in [-0.4, -0.2) is 224 Å². The van der Waals surface area contributed by atoms with Crippen LogP contribution in [0.25, 0.3) is 14.5 Å². The van der Waals surface area contributed by atoms with Gasteiger partial charge in [-0.1, -0.05) is 0 Å². The van der Waals surface area contributed by atoms with Crippen molar-refractivity contribution < 1.29 is 75.0 Å². The van der Waals surface area contributed by atoms with E-state index in [2.05, 4.69) is 127 Å². The molecule has 77 heavy (non-hydrogen) atoms. The van der Waals surface area contributed by atoms with Crippen molar-refractivity contribution in [3.8, 4) is 0 Å². The molecule has 0 aromatic carbocycles. The van der Waals surface area contributed by atoms with Gasteiger partial charge in [0.2, 0.25) is 23.9 Å². The van der Waals surface area contributed by atoms with E-state index in [1.165, 1.54) is 21.3 Å². The molecule has 4 saturated heterocycles. The number of hydrogen-bond donors (Lipinski definition) is 3. The molecule has 3 N–H and O–H groups in total. The van der Waals surface area contributed by atoms with Crippen LogP contribution in [0.3, 0.4) is 0 Å². The lowest BCUT2D eigenvalue weighted by Crippen LogP contribution is -2.44. The van der Waals surface area contributed by atoms with Crippen molar-refractivity contribution in [2.24, 2.45) is 0 Å². The molecule has 24 heteroatoms. The molecule has 4 heterocycles. The Balaban J connectivity index is 0. The summed E-state index contributed by atoms with van der Waals surface area (Å²) in [6, 6.07) is 1.47. The zero-order chi connectivity index (χ0) is 64.0. The zero-order valence-electron chi connectivity index (χ0n) is 56.4. The average molecular weight is 1170 g/mol. The molecule has 21 nitrogen and oxygen atoms in total. The first-order valence-electron chi connectivity index (χ1n) is 29.9. The molecule has 4 aliphatic heterocycles. The van der Waals surface area contributed by atoms with Gasteiger partial charge in [0, 0.05) is 75.2 Å². The zero-order valence-corrected chi connectivity index (χ0v) is 53.1. The van der Waals surface area contributed by atoms with E-state index in [-0.39, 0.29) is 118 Å². The number of fused-ring (bicyclic) bond motifs is 2. The van der Waals surface area contributed by atoms with Gasteiger partial charge in [-0.25, -0.2) is 33.7 Å². The Hall–Kier alpha value is -0.960. The molecule has 0 aliphatic carbocycles. The number of rotatable bonds is 28. The smallest absolute Gasteiger partial charge is 0.259 e. The van der Waals surface area contributed by atoms with Crippen molar-refractivity contribution in [3.63, 3.8) is 0 Å². The fourth-order valence-electron chi connectivity index (χ4n) is 8.77. The first kappa shape index (κ1) is 66.8. The molecular weight excluding hydrogens is 1050 g/mol. The summed E-state index contributed by atoms with van der Waals surface area (Å²) in [6.45, 7) is 57.3. The van der Waals surface area contributed by atoms with Crippen molar-refractivity contribution in [2.45, 2.75) is 247 Å². The highest BCUT2D eigenvalue weighted by molar-refractivity contribution is 7.45. The number of aliphatic hydroxyl groups excluding tert-OH is 3. The SMILES string of the molecule is [2H]C[C@H]1O[C@@H](C)C[C@@H]1OP(OCC[N+]#[C-])N(C(C)C)C(C)C.[2H]C[C@H]1O[C@@H](C)[C@H](OCCOC)[C@@H]1OP(OCC[N+]#[C-])N(C(C)C)C(C)C.[2H]C[C@]12O[C@@H](C)C(O[C@H]1C)[C@@H]2OP(OCC[N+]#[C-])N(C(C)C)C(C)C.[3H]OC.[3H]OC.[3H]OC. The van der Waals surface area contributed by atoms with Crippen molar-refractivity contribution in [1.29, 1.82) is 4.29 Å². The number of hydrogen-bond acceptors (Lipinski definition) is 18. The molecule has 0 spiro atoms. The van der Waals surface area contributed by atoms with E-state index in [0.717, 1.165) is 6.42 Å². The van der Waals surface area contributed by atoms with E-state index in [1.54, 1.807) is 7.11 Å². The van der Waals surface area contributed by atoms with Gasteiger partial charge in [0.25, 0.3) is 25.6 Å². The van der Waals surface area contributed by atoms with Crippen LogP contribution in [0.1, 0.15) is 142 Å². The van der Waals surface area contributed by atoms with Crippen molar-refractivity contribution >= 4 is 25.6 Å². The van der Waals surface area contributed by atoms with Crippen LogP contribution < -0.4 is 0 Å². The summed E-state index contributed by atoms with van der Waals surface area (Å²) < 4.78 is 119. The van der Waals surface area contributed by atoms with Gasteiger partial charge >= 0.3 is 0 Å². The van der Waals surface area contributed by atoms with Gasteiger partial charge in [-0.05, 0) is 131 Å². The maximum Gasteiger partial charge on any atom is 0.259 e. The Labute approximate surface area is 479 Å². The summed E-state index contributed by atoms with van der Waals surface area (Å²) in [4.78, 5) is 10.1. The summed E-state index contributed by atoms with van der Waals surface area (Å²) in [5.74, 6) is 0. The van der Waals surface area contributed by atoms with Crippen LogP contribution >= 0.6 is 25.6 Å². The second kappa shape index (κ2) is 42.8. The van der Waals surface area contributed by atoms with E-state index in [4.69, 9.17) is 83.7 Å². The molecule has 4 fully saturated rings. The van der Waals surface area contributed by atoms with Crippen LogP contribution in [0.5, 0.6) is 0 Å². The largest absolute Gasteiger partial charge is 0.400 e. The van der Waals surface area contributed by atoms with Crippen molar-refractivity contribution in [1.82, 2.24) is 14.0 Å². The van der Waals surface area contributed by atoms with E-state index in [9.17, 15) is 0 Å². The maximum atomic E-state index is 8.04. The molecule has 15 atom stereocenters.